The van der Waals surface area contributed by atoms with E-state index in [1.165, 1.54) is 0 Å². The molecule has 1 aliphatic rings. The molecule has 0 spiro atoms. The number of fused-ring (bicyclic) bond motifs is 1. The molecule has 5 nitrogen and oxygen atoms in total. The first-order chi connectivity index (χ1) is 10.5. The zero-order valence-electron chi connectivity index (χ0n) is 11.9. The molecule has 0 aromatic heterocycles. The summed E-state index contributed by atoms with van der Waals surface area (Å²) < 4.78 is 33.3. The molecule has 0 amide bonds. The second-order valence-corrected chi connectivity index (χ2v) is 7.51. The van der Waals surface area contributed by atoms with Crippen LogP contribution in [0.25, 0.3) is 10.8 Å². The van der Waals surface area contributed by atoms with Crippen molar-refractivity contribution in [3.63, 3.8) is 0 Å². The third kappa shape index (κ3) is 3.39. The first-order valence-electron chi connectivity index (χ1n) is 7.04. The van der Waals surface area contributed by atoms with Crippen LogP contribution in [0.1, 0.15) is 6.42 Å². The summed E-state index contributed by atoms with van der Waals surface area (Å²) in [5.74, 6) is 0.0476. The molecule has 1 fully saturated rings. The Balaban J connectivity index is 1.61. The zero-order chi connectivity index (χ0) is 15.6. The first kappa shape index (κ1) is 14.8. The van der Waals surface area contributed by atoms with Crippen LogP contribution < -0.4 is 4.74 Å². The first-order valence-corrected chi connectivity index (χ1v) is 8.86. The van der Waals surface area contributed by atoms with E-state index in [1.54, 1.807) is 6.07 Å². The maximum atomic E-state index is 11.8. The predicted octanol–water partition coefficient (Wildman–Crippen LogP) is 1.95. The Morgan fingerprint density at radius 1 is 1.14 bits per heavy atom. The maximum Gasteiger partial charge on any atom is 0.344 e. The molecule has 0 saturated carbocycles. The van der Waals surface area contributed by atoms with E-state index in [2.05, 4.69) is 0 Å². The number of hydrogen-bond donors (Lipinski definition) is 0. The van der Waals surface area contributed by atoms with Crippen LogP contribution in [-0.4, -0.2) is 38.6 Å². The number of esters is 1. The molecule has 22 heavy (non-hydrogen) atoms. The molecule has 2 aromatic carbocycles. The quantitative estimate of drug-likeness (QED) is 0.805. The summed E-state index contributed by atoms with van der Waals surface area (Å²) in [6.45, 7) is -0.232. The molecule has 0 N–H and O–H groups in total. The molecule has 1 unspecified atom stereocenters. The SMILES string of the molecule is O=C(COc1cccc2ccccc12)OC1CCS(=O)(=O)C1. The molecule has 1 atom stereocenters. The number of carbonyl (C=O) groups is 1. The van der Waals surface area contributed by atoms with E-state index in [1.807, 2.05) is 36.4 Å². The highest BCUT2D eigenvalue weighted by Gasteiger charge is 2.30. The third-order valence-corrected chi connectivity index (χ3v) is 5.32. The Bertz CT molecular complexity index is 792. The third-order valence-electron chi connectivity index (χ3n) is 3.58. The lowest BCUT2D eigenvalue weighted by atomic mass is 10.1. The maximum absolute atomic E-state index is 11.8. The standard InChI is InChI=1S/C16H16O5S/c17-16(21-13-8-9-22(18,19)11-13)10-20-15-7-3-5-12-4-1-2-6-14(12)15/h1-7,13H,8-11H2. The van der Waals surface area contributed by atoms with Gasteiger partial charge < -0.3 is 9.47 Å². The molecular formula is C16H16O5S. The summed E-state index contributed by atoms with van der Waals surface area (Å²) in [6.07, 6.45) is -0.184. The Morgan fingerprint density at radius 3 is 2.68 bits per heavy atom. The molecular weight excluding hydrogens is 304 g/mol. The second-order valence-electron chi connectivity index (χ2n) is 5.28. The lowest BCUT2D eigenvalue weighted by molar-refractivity contribution is -0.150. The van der Waals surface area contributed by atoms with Crippen LogP contribution >= 0.6 is 0 Å². The van der Waals surface area contributed by atoms with E-state index >= 15 is 0 Å². The minimum atomic E-state index is -3.06. The van der Waals surface area contributed by atoms with Gasteiger partial charge in [-0.05, 0) is 17.9 Å². The fraction of sp³-hybridized carbons (Fsp3) is 0.312. The van der Waals surface area contributed by atoms with Crippen LogP contribution in [-0.2, 0) is 19.4 Å². The summed E-state index contributed by atoms with van der Waals surface area (Å²) in [5.41, 5.74) is 0. The largest absolute Gasteiger partial charge is 0.481 e. The van der Waals surface area contributed by atoms with Crippen LogP contribution in [0.15, 0.2) is 42.5 Å². The smallest absolute Gasteiger partial charge is 0.344 e. The van der Waals surface area contributed by atoms with Crippen LogP contribution in [0.5, 0.6) is 5.75 Å². The van der Waals surface area contributed by atoms with Crippen LogP contribution in [0, 0.1) is 0 Å². The number of hydrogen-bond acceptors (Lipinski definition) is 5. The Hall–Kier alpha value is -2.08. The molecule has 0 aliphatic carbocycles. The van der Waals surface area contributed by atoms with Crippen molar-refractivity contribution in [2.24, 2.45) is 0 Å². The monoisotopic (exact) mass is 320 g/mol. The summed E-state index contributed by atoms with van der Waals surface area (Å²) in [5, 5.41) is 1.94. The van der Waals surface area contributed by atoms with Gasteiger partial charge in [-0.15, -0.1) is 0 Å². The highest BCUT2D eigenvalue weighted by molar-refractivity contribution is 7.91. The number of sulfone groups is 1. The van der Waals surface area contributed by atoms with E-state index in [0.29, 0.717) is 12.2 Å². The summed E-state index contributed by atoms with van der Waals surface area (Å²) >= 11 is 0. The summed E-state index contributed by atoms with van der Waals surface area (Å²) in [6, 6.07) is 13.3. The van der Waals surface area contributed by atoms with Crippen LogP contribution in [0.2, 0.25) is 0 Å². The predicted molar refractivity (Wildman–Crippen MR) is 82.6 cm³/mol. The molecule has 0 bridgehead atoms. The Labute approximate surface area is 128 Å². The van der Waals surface area contributed by atoms with Crippen molar-refractivity contribution < 1.29 is 22.7 Å². The van der Waals surface area contributed by atoms with Gasteiger partial charge in [0.1, 0.15) is 11.9 Å². The fourth-order valence-electron chi connectivity index (χ4n) is 2.53. The van der Waals surface area contributed by atoms with Gasteiger partial charge in [0.15, 0.2) is 16.4 Å². The van der Waals surface area contributed by atoms with Crippen molar-refractivity contribution in [1.29, 1.82) is 0 Å². The van der Waals surface area contributed by atoms with E-state index in [4.69, 9.17) is 9.47 Å². The average molecular weight is 320 g/mol. The van der Waals surface area contributed by atoms with Gasteiger partial charge in [-0.25, -0.2) is 13.2 Å². The van der Waals surface area contributed by atoms with Crippen molar-refractivity contribution in [2.75, 3.05) is 18.1 Å². The minimum absolute atomic E-state index is 0.0785. The Kier molecular flexibility index (Phi) is 4.02. The van der Waals surface area contributed by atoms with Gasteiger partial charge in [0.2, 0.25) is 0 Å². The van der Waals surface area contributed by atoms with Crippen molar-refractivity contribution in [3.05, 3.63) is 42.5 Å². The highest BCUT2D eigenvalue weighted by atomic mass is 32.2. The lowest BCUT2D eigenvalue weighted by Gasteiger charge is -2.12. The lowest BCUT2D eigenvalue weighted by Crippen LogP contribution is -2.23. The van der Waals surface area contributed by atoms with Gasteiger partial charge in [-0.2, -0.15) is 0 Å². The molecule has 0 radical (unpaired) electrons. The molecule has 1 heterocycles. The van der Waals surface area contributed by atoms with Crippen molar-refractivity contribution >= 4 is 26.6 Å². The number of ether oxygens (including phenoxy) is 2. The summed E-state index contributed by atoms with van der Waals surface area (Å²) in [4.78, 5) is 11.8. The molecule has 2 aromatic rings. The van der Waals surface area contributed by atoms with E-state index in [-0.39, 0.29) is 18.1 Å². The normalized spacial score (nSPS) is 19.9. The molecule has 116 valence electrons. The van der Waals surface area contributed by atoms with Gasteiger partial charge in [0.05, 0.1) is 11.5 Å². The molecule has 6 heteroatoms. The van der Waals surface area contributed by atoms with E-state index in [0.717, 1.165) is 10.8 Å². The Morgan fingerprint density at radius 2 is 1.91 bits per heavy atom. The highest BCUT2D eigenvalue weighted by Crippen LogP contribution is 2.25. The van der Waals surface area contributed by atoms with Crippen molar-refractivity contribution in [1.82, 2.24) is 0 Å². The second kappa shape index (κ2) is 5.96. The van der Waals surface area contributed by atoms with Crippen molar-refractivity contribution in [3.8, 4) is 5.75 Å². The summed E-state index contributed by atoms with van der Waals surface area (Å²) in [7, 11) is -3.06. The molecule has 1 saturated heterocycles. The topological polar surface area (TPSA) is 69.7 Å². The van der Waals surface area contributed by atoms with E-state index in [9.17, 15) is 13.2 Å². The zero-order valence-corrected chi connectivity index (χ0v) is 12.7. The van der Waals surface area contributed by atoms with Gasteiger partial charge in [0, 0.05) is 5.39 Å². The number of benzene rings is 2. The van der Waals surface area contributed by atoms with Crippen LogP contribution in [0.3, 0.4) is 0 Å². The molecule has 3 rings (SSSR count). The number of rotatable bonds is 4. The van der Waals surface area contributed by atoms with Gasteiger partial charge in [-0.1, -0.05) is 36.4 Å². The number of carbonyl (C=O) groups excluding carboxylic acids is 1. The van der Waals surface area contributed by atoms with Crippen molar-refractivity contribution in [2.45, 2.75) is 12.5 Å². The average Bonchev–Trinajstić information content (AvgIpc) is 2.84. The molecule has 1 aliphatic heterocycles. The van der Waals surface area contributed by atoms with Gasteiger partial charge in [-0.3, -0.25) is 0 Å². The van der Waals surface area contributed by atoms with Gasteiger partial charge >= 0.3 is 5.97 Å². The minimum Gasteiger partial charge on any atom is -0.481 e. The van der Waals surface area contributed by atoms with Gasteiger partial charge in [0.25, 0.3) is 0 Å². The van der Waals surface area contributed by atoms with Crippen LogP contribution in [0.4, 0.5) is 0 Å². The fourth-order valence-corrected chi connectivity index (χ4v) is 4.12. The van der Waals surface area contributed by atoms with E-state index < -0.39 is 21.9 Å².